The fraction of sp³-hybridized carbons (Fsp3) is 0.333. The van der Waals surface area contributed by atoms with Crippen molar-refractivity contribution in [2.45, 2.75) is 45.7 Å². The number of tetrazole rings is 1. The van der Waals surface area contributed by atoms with E-state index >= 15 is 0 Å². The van der Waals surface area contributed by atoms with Gasteiger partial charge in [0.05, 0.1) is 11.4 Å². The zero-order chi connectivity index (χ0) is 20.3. The SMILES string of the molecule is Cc1cc(C)c(NC(=O)CSc2nnnn2-c2ccc(C(C)C)cc2)c(C)c1. The first-order valence-electron chi connectivity index (χ1n) is 9.24. The van der Waals surface area contributed by atoms with Crippen LogP contribution < -0.4 is 5.32 Å². The number of aryl methyl sites for hydroxylation is 3. The van der Waals surface area contributed by atoms with E-state index in [1.165, 1.54) is 22.9 Å². The van der Waals surface area contributed by atoms with E-state index in [0.29, 0.717) is 11.1 Å². The molecule has 1 amide bonds. The van der Waals surface area contributed by atoms with Gasteiger partial charge in [-0.25, -0.2) is 0 Å². The minimum atomic E-state index is -0.0789. The predicted molar refractivity (Wildman–Crippen MR) is 113 cm³/mol. The van der Waals surface area contributed by atoms with Crippen molar-refractivity contribution in [2.75, 3.05) is 11.1 Å². The summed E-state index contributed by atoms with van der Waals surface area (Å²) in [4.78, 5) is 12.5. The number of amides is 1. The molecule has 1 N–H and O–H groups in total. The van der Waals surface area contributed by atoms with Crippen LogP contribution in [0, 0.1) is 20.8 Å². The van der Waals surface area contributed by atoms with Gasteiger partial charge in [0.25, 0.3) is 0 Å². The van der Waals surface area contributed by atoms with Gasteiger partial charge in [0.15, 0.2) is 0 Å². The monoisotopic (exact) mass is 395 g/mol. The molecule has 0 aliphatic carbocycles. The molecule has 0 unspecified atom stereocenters. The Morgan fingerprint density at radius 2 is 1.75 bits per heavy atom. The normalized spacial score (nSPS) is 11.1. The maximum atomic E-state index is 12.5. The molecular weight excluding hydrogens is 370 g/mol. The molecule has 0 aliphatic heterocycles. The number of rotatable bonds is 6. The Balaban J connectivity index is 1.67. The Kier molecular flexibility index (Phi) is 6.14. The molecule has 0 aliphatic rings. The Morgan fingerprint density at radius 3 is 2.36 bits per heavy atom. The van der Waals surface area contributed by atoms with Crippen LogP contribution in [0.1, 0.15) is 42.0 Å². The highest BCUT2D eigenvalue weighted by Crippen LogP contribution is 2.24. The van der Waals surface area contributed by atoms with Crippen LogP contribution in [0.25, 0.3) is 5.69 Å². The second kappa shape index (κ2) is 8.56. The summed E-state index contributed by atoms with van der Waals surface area (Å²) in [6.07, 6.45) is 0. The molecule has 0 saturated carbocycles. The number of hydrogen-bond donors (Lipinski definition) is 1. The van der Waals surface area contributed by atoms with Crippen LogP contribution in [0.15, 0.2) is 41.6 Å². The Hall–Kier alpha value is -2.67. The molecule has 28 heavy (non-hydrogen) atoms. The summed E-state index contributed by atoms with van der Waals surface area (Å²) >= 11 is 1.32. The number of aromatic nitrogens is 4. The Morgan fingerprint density at radius 1 is 1.11 bits per heavy atom. The summed E-state index contributed by atoms with van der Waals surface area (Å²) in [7, 11) is 0. The second-order valence-corrected chi connectivity index (χ2v) is 8.17. The number of hydrogen-bond acceptors (Lipinski definition) is 5. The zero-order valence-corrected chi connectivity index (χ0v) is 17.7. The van der Waals surface area contributed by atoms with Crippen molar-refractivity contribution in [3.63, 3.8) is 0 Å². The minimum absolute atomic E-state index is 0.0789. The number of carbonyl (C=O) groups is 1. The maximum Gasteiger partial charge on any atom is 0.234 e. The third kappa shape index (κ3) is 4.59. The van der Waals surface area contributed by atoms with Gasteiger partial charge in [0.1, 0.15) is 0 Å². The van der Waals surface area contributed by atoms with E-state index in [9.17, 15) is 4.79 Å². The van der Waals surface area contributed by atoms with Crippen LogP contribution in [-0.4, -0.2) is 31.9 Å². The van der Waals surface area contributed by atoms with Crippen molar-refractivity contribution in [3.05, 3.63) is 58.7 Å². The second-order valence-electron chi connectivity index (χ2n) is 7.23. The molecule has 0 fully saturated rings. The summed E-state index contributed by atoms with van der Waals surface area (Å²) in [5.41, 5.74) is 6.32. The molecule has 0 bridgehead atoms. The first-order chi connectivity index (χ1) is 13.3. The van der Waals surface area contributed by atoms with E-state index in [2.05, 4.69) is 65.9 Å². The van der Waals surface area contributed by atoms with Gasteiger partial charge in [0.2, 0.25) is 11.1 Å². The van der Waals surface area contributed by atoms with Crippen molar-refractivity contribution in [3.8, 4) is 5.69 Å². The van der Waals surface area contributed by atoms with Crippen molar-refractivity contribution < 1.29 is 4.79 Å². The largest absolute Gasteiger partial charge is 0.325 e. The Bertz CT molecular complexity index is 956. The highest BCUT2D eigenvalue weighted by atomic mass is 32.2. The van der Waals surface area contributed by atoms with E-state index < -0.39 is 0 Å². The van der Waals surface area contributed by atoms with E-state index in [1.807, 2.05) is 26.0 Å². The summed E-state index contributed by atoms with van der Waals surface area (Å²) < 4.78 is 1.66. The fourth-order valence-corrected chi connectivity index (χ4v) is 3.81. The molecule has 0 spiro atoms. The molecule has 1 heterocycles. The smallest absolute Gasteiger partial charge is 0.234 e. The molecular formula is C21H25N5OS. The van der Waals surface area contributed by atoms with Gasteiger partial charge in [0, 0.05) is 5.69 Å². The van der Waals surface area contributed by atoms with Crippen LogP contribution in [0.3, 0.4) is 0 Å². The molecule has 1 aromatic heterocycles. The molecule has 3 rings (SSSR count). The molecule has 3 aromatic rings. The third-order valence-electron chi connectivity index (χ3n) is 4.52. The highest BCUT2D eigenvalue weighted by molar-refractivity contribution is 7.99. The molecule has 6 nitrogen and oxygen atoms in total. The van der Waals surface area contributed by atoms with Gasteiger partial charge in [-0.15, -0.1) is 5.10 Å². The lowest BCUT2D eigenvalue weighted by atomic mass is 10.0. The molecule has 2 aromatic carbocycles. The van der Waals surface area contributed by atoms with Crippen molar-refractivity contribution in [1.29, 1.82) is 0 Å². The average Bonchev–Trinajstić information content (AvgIpc) is 3.11. The number of carbonyl (C=O) groups excluding carboxylic acids is 1. The summed E-state index contributed by atoms with van der Waals surface area (Å²) in [6, 6.07) is 12.3. The van der Waals surface area contributed by atoms with E-state index in [-0.39, 0.29) is 11.7 Å². The third-order valence-corrected chi connectivity index (χ3v) is 5.44. The average molecular weight is 396 g/mol. The standard InChI is InChI=1S/C21H25N5OS/c1-13(2)17-6-8-18(9-7-17)26-21(23-24-25-26)28-12-19(27)22-20-15(4)10-14(3)11-16(20)5/h6-11,13H,12H2,1-5H3,(H,22,27). The van der Waals surface area contributed by atoms with Gasteiger partial charge in [-0.1, -0.05) is 55.4 Å². The molecule has 0 saturated heterocycles. The number of nitrogens with zero attached hydrogens (tertiary/aromatic N) is 4. The summed E-state index contributed by atoms with van der Waals surface area (Å²) in [5, 5.41) is 15.5. The fourth-order valence-electron chi connectivity index (χ4n) is 3.11. The lowest BCUT2D eigenvalue weighted by Crippen LogP contribution is -2.16. The van der Waals surface area contributed by atoms with Gasteiger partial charge in [-0.2, -0.15) is 4.68 Å². The molecule has 0 radical (unpaired) electrons. The predicted octanol–water partition coefficient (Wildman–Crippen LogP) is 4.44. The van der Waals surface area contributed by atoms with Crippen molar-refractivity contribution in [1.82, 2.24) is 20.2 Å². The van der Waals surface area contributed by atoms with Gasteiger partial charge in [-0.3, -0.25) is 4.79 Å². The van der Waals surface area contributed by atoms with Crippen LogP contribution in [0.4, 0.5) is 5.69 Å². The minimum Gasteiger partial charge on any atom is -0.325 e. The van der Waals surface area contributed by atoms with Crippen LogP contribution in [-0.2, 0) is 4.79 Å². The van der Waals surface area contributed by atoms with Gasteiger partial charge < -0.3 is 5.32 Å². The van der Waals surface area contributed by atoms with Crippen molar-refractivity contribution in [2.24, 2.45) is 0 Å². The zero-order valence-electron chi connectivity index (χ0n) is 16.9. The molecule has 146 valence electrons. The molecule has 0 atom stereocenters. The van der Waals surface area contributed by atoms with Crippen LogP contribution in [0.5, 0.6) is 0 Å². The number of thioether (sulfide) groups is 1. The van der Waals surface area contributed by atoms with Crippen LogP contribution >= 0.6 is 11.8 Å². The quantitative estimate of drug-likeness (QED) is 0.625. The van der Waals surface area contributed by atoms with Crippen LogP contribution in [0.2, 0.25) is 0 Å². The first-order valence-corrected chi connectivity index (χ1v) is 10.2. The first kappa shape index (κ1) is 20.1. The topological polar surface area (TPSA) is 72.7 Å². The van der Waals surface area contributed by atoms with Gasteiger partial charge >= 0.3 is 0 Å². The van der Waals surface area contributed by atoms with Gasteiger partial charge in [-0.05, 0) is 65.9 Å². The number of benzene rings is 2. The lowest BCUT2D eigenvalue weighted by molar-refractivity contribution is -0.113. The highest BCUT2D eigenvalue weighted by Gasteiger charge is 2.13. The Labute approximate surface area is 169 Å². The lowest BCUT2D eigenvalue weighted by Gasteiger charge is -2.12. The van der Waals surface area contributed by atoms with E-state index in [4.69, 9.17) is 0 Å². The number of nitrogens with one attached hydrogen (secondary N) is 1. The summed E-state index contributed by atoms with van der Waals surface area (Å²) in [5.74, 6) is 0.621. The maximum absolute atomic E-state index is 12.5. The number of anilines is 1. The van der Waals surface area contributed by atoms with E-state index in [1.54, 1.807) is 4.68 Å². The van der Waals surface area contributed by atoms with Crippen molar-refractivity contribution >= 4 is 23.4 Å². The van der Waals surface area contributed by atoms with E-state index in [0.717, 1.165) is 22.5 Å². The summed E-state index contributed by atoms with van der Waals surface area (Å²) in [6.45, 7) is 10.4. The molecule has 7 heteroatoms.